The van der Waals surface area contributed by atoms with Gasteiger partial charge >= 0.3 is 0 Å². The lowest BCUT2D eigenvalue weighted by Crippen LogP contribution is -1.97. The smallest absolute Gasteiger partial charge is 0.123 e. The van der Waals surface area contributed by atoms with E-state index >= 15 is 0 Å². The highest BCUT2D eigenvalue weighted by Gasteiger charge is 2.02. The number of hydrogen-bond acceptors (Lipinski definition) is 0. The molecule has 0 saturated carbocycles. The van der Waals surface area contributed by atoms with Crippen molar-refractivity contribution >= 4 is 10.9 Å². The highest BCUT2D eigenvalue weighted by molar-refractivity contribution is 5.80. The lowest BCUT2D eigenvalue weighted by Gasteiger charge is -2.06. The Morgan fingerprint density at radius 3 is 2.56 bits per heavy atom. The summed E-state index contributed by atoms with van der Waals surface area (Å²) in [5.41, 5.74) is 3.58. The van der Waals surface area contributed by atoms with E-state index in [2.05, 4.69) is 42.0 Å². The van der Waals surface area contributed by atoms with E-state index in [9.17, 15) is 4.39 Å². The number of fused-ring (bicyclic) bond motifs is 1. The maximum absolute atomic E-state index is 12.9. The lowest BCUT2D eigenvalue weighted by atomic mass is 10.2. The molecule has 0 spiro atoms. The second-order valence-electron chi connectivity index (χ2n) is 4.63. The molecule has 0 saturated heterocycles. The van der Waals surface area contributed by atoms with Gasteiger partial charge in [-0.25, -0.2) is 4.39 Å². The van der Waals surface area contributed by atoms with Crippen LogP contribution in [0.15, 0.2) is 54.7 Å². The van der Waals surface area contributed by atoms with Crippen molar-refractivity contribution in [2.24, 2.45) is 0 Å². The minimum absolute atomic E-state index is 0.188. The second-order valence-corrected chi connectivity index (χ2v) is 4.63. The van der Waals surface area contributed by atoms with Crippen LogP contribution in [0, 0.1) is 12.7 Å². The molecule has 0 radical (unpaired) electrons. The molecular formula is C16H14FN. The standard InChI is InChI=1S/C16H14FN/c1-12-2-7-16-14(10-12)8-9-18(16)11-13-3-5-15(17)6-4-13/h2-10H,11H2,1H3. The number of aromatic nitrogens is 1. The van der Waals surface area contributed by atoms with Crippen LogP contribution >= 0.6 is 0 Å². The Labute approximate surface area is 105 Å². The van der Waals surface area contributed by atoms with Crippen LogP contribution in [0.2, 0.25) is 0 Å². The van der Waals surface area contributed by atoms with Crippen LogP contribution in [0.3, 0.4) is 0 Å². The van der Waals surface area contributed by atoms with Crippen LogP contribution in [0.25, 0.3) is 10.9 Å². The van der Waals surface area contributed by atoms with Gasteiger partial charge in [0.2, 0.25) is 0 Å². The first-order valence-corrected chi connectivity index (χ1v) is 6.02. The predicted octanol–water partition coefficient (Wildman–Crippen LogP) is 4.14. The van der Waals surface area contributed by atoms with Crippen molar-refractivity contribution in [3.8, 4) is 0 Å². The Bertz CT molecular complexity index is 680. The van der Waals surface area contributed by atoms with Gasteiger partial charge in [0.15, 0.2) is 0 Å². The molecule has 3 rings (SSSR count). The number of halogens is 1. The number of aryl methyl sites for hydroxylation is 1. The van der Waals surface area contributed by atoms with Crippen molar-refractivity contribution in [2.75, 3.05) is 0 Å². The quantitative estimate of drug-likeness (QED) is 0.633. The van der Waals surface area contributed by atoms with Crippen molar-refractivity contribution in [3.05, 3.63) is 71.7 Å². The summed E-state index contributed by atoms with van der Waals surface area (Å²) in [5, 5.41) is 1.25. The Hall–Kier alpha value is -2.09. The first-order valence-electron chi connectivity index (χ1n) is 6.02. The van der Waals surface area contributed by atoms with Gasteiger partial charge in [0, 0.05) is 18.3 Å². The second kappa shape index (κ2) is 4.30. The number of rotatable bonds is 2. The molecule has 18 heavy (non-hydrogen) atoms. The Balaban J connectivity index is 1.97. The average Bonchev–Trinajstić information content (AvgIpc) is 2.74. The third-order valence-corrected chi connectivity index (χ3v) is 3.19. The molecule has 2 aromatic carbocycles. The Morgan fingerprint density at radius 1 is 1.00 bits per heavy atom. The molecule has 0 amide bonds. The van der Waals surface area contributed by atoms with Gasteiger partial charge in [-0.05, 0) is 48.2 Å². The number of benzene rings is 2. The average molecular weight is 239 g/mol. The summed E-state index contributed by atoms with van der Waals surface area (Å²) in [5.74, 6) is -0.188. The highest BCUT2D eigenvalue weighted by Crippen LogP contribution is 2.18. The largest absolute Gasteiger partial charge is 0.343 e. The summed E-state index contributed by atoms with van der Waals surface area (Å²) >= 11 is 0. The molecule has 0 atom stereocenters. The molecular weight excluding hydrogens is 225 g/mol. The molecule has 0 bridgehead atoms. The van der Waals surface area contributed by atoms with E-state index in [1.54, 1.807) is 0 Å². The summed E-state index contributed by atoms with van der Waals surface area (Å²) in [6, 6.07) is 15.2. The topological polar surface area (TPSA) is 4.93 Å². The van der Waals surface area contributed by atoms with Crippen molar-refractivity contribution in [1.29, 1.82) is 0 Å². The van der Waals surface area contributed by atoms with Crippen LogP contribution in [0.4, 0.5) is 4.39 Å². The minimum Gasteiger partial charge on any atom is -0.343 e. The fraction of sp³-hybridized carbons (Fsp3) is 0.125. The van der Waals surface area contributed by atoms with E-state index in [4.69, 9.17) is 0 Å². The summed E-state index contributed by atoms with van der Waals surface area (Å²) in [7, 11) is 0. The minimum atomic E-state index is -0.188. The molecule has 0 aliphatic rings. The molecule has 2 heteroatoms. The molecule has 0 aliphatic carbocycles. The van der Waals surface area contributed by atoms with Gasteiger partial charge in [0.1, 0.15) is 5.82 Å². The molecule has 0 N–H and O–H groups in total. The van der Waals surface area contributed by atoms with Crippen molar-refractivity contribution < 1.29 is 4.39 Å². The van der Waals surface area contributed by atoms with Crippen LogP contribution < -0.4 is 0 Å². The first-order chi connectivity index (χ1) is 8.72. The third kappa shape index (κ3) is 2.02. The Kier molecular flexibility index (Phi) is 2.63. The predicted molar refractivity (Wildman–Crippen MR) is 72.2 cm³/mol. The van der Waals surface area contributed by atoms with Gasteiger partial charge in [-0.3, -0.25) is 0 Å². The summed E-state index contributed by atoms with van der Waals surface area (Å²) in [4.78, 5) is 0. The summed E-state index contributed by atoms with van der Waals surface area (Å²) in [6.45, 7) is 2.86. The lowest BCUT2D eigenvalue weighted by molar-refractivity contribution is 0.626. The molecule has 1 heterocycles. The van der Waals surface area contributed by atoms with Crippen LogP contribution in [-0.2, 0) is 6.54 Å². The van der Waals surface area contributed by atoms with E-state index in [-0.39, 0.29) is 5.82 Å². The first kappa shape index (κ1) is 11.0. The number of nitrogens with zero attached hydrogens (tertiary/aromatic N) is 1. The zero-order chi connectivity index (χ0) is 12.5. The molecule has 0 fully saturated rings. The maximum Gasteiger partial charge on any atom is 0.123 e. The normalized spacial score (nSPS) is 11.0. The zero-order valence-corrected chi connectivity index (χ0v) is 10.2. The van der Waals surface area contributed by atoms with Crippen LogP contribution in [-0.4, -0.2) is 4.57 Å². The van der Waals surface area contributed by atoms with E-state index in [0.29, 0.717) is 0 Å². The molecule has 0 aliphatic heterocycles. The zero-order valence-electron chi connectivity index (χ0n) is 10.2. The van der Waals surface area contributed by atoms with Crippen molar-refractivity contribution in [2.45, 2.75) is 13.5 Å². The van der Waals surface area contributed by atoms with Gasteiger partial charge in [-0.1, -0.05) is 23.8 Å². The highest BCUT2D eigenvalue weighted by atomic mass is 19.1. The van der Waals surface area contributed by atoms with Gasteiger partial charge in [-0.15, -0.1) is 0 Å². The van der Waals surface area contributed by atoms with E-state index in [0.717, 1.165) is 12.1 Å². The molecule has 1 aromatic heterocycles. The fourth-order valence-electron chi connectivity index (χ4n) is 2.24. The van der Waals surface area contributed by atoms with Gasteiger partial charge < -0.3 is 4.57 Å². The van der Waals surface area contributed by atoms with Gasteiger partial charge in [-0.2, -0.15) is 0 Å². The van der Waals surface area contributed by atoms with Crippen molar-refractivity contribution in [1.82, 2.24) is 4.57 Å². The van der Waals surface area contributed by atoms with Gasteiger partial charge in [0.25, 0.3) is 0 Å². The van der Waals surface area contributed by atoms with E-state index in [1.165, 1.54) is 28.6 Å². The molecule has 90 valence electrons. The number of hydrogen-bond donors (Lipinski definition) is 0. The SMILES string of the molecule is Cc1ccc2c(ccn2Cc2ccc(F)cc2)c1. The van der Waals surface area contributed by atoms with Crippen LogP contribution in [0.1, 0.15) is 11.1 Å². The maximum atomic E-state index is 12.9. The Morgan fingerprint density at radius 2 is 1.78 bits per heavy atom. The third-order valence-electron chi connectivity index (χ3n) is 3.19. The molecule has 3 aromatic rings. The van der Waals surface area contributed by atoms with Crippen LogP contribution in [0.5, 0.6) is 0 Å². The fourth-order valence-corrected chi connectivity index (χ4v) is 2.24. The van der Waals surface area contributed by atoms with E-state index < -0.39 is 0 Å². The molecule has 1 nitrogen and oxygen atoms in total. The summed E-state index contributed by atoms with van der Waals surface area (Å²) < 4.78 is 15.0. The summed E-state index contributed by atoms with van der Waals surface area (Å²) in [6.07, 6.45) is 2.08. The van der Waals surface area contributed by atoms with Gasteiger partial charge in [0.05, 0.1) is 0 Å². The monoisotopic (exact) mass is 239 g/mol. The van der Waals surface area contributed by atoms with E-state index in [1.807, 2.05) is 12.1 Å². The molecule has 0 unspecified atom stereocenters. The van der Waals surface area contributed by atoms with Crippen molar-refractivity contribution in [3.63, 3.8) is 0 Å².